The first-order valence-corrected chi connectivity index (χ1v) is 7.56. The lowest BCUT2D eigenvalue weighted by molar-refractivity contribution is 0.620. The molecule has 1 atom stereocenters. The number of benzene rings is 1. The summed E-state index contributed by atoms with van der Waals surface area (Å²) in [6.07, 6.45) is 1.02. The third-order valence-corrected chi connectivity index (χ3v) is 4.67. The second-order valence-corrected chi connectivity index (χ2v) is 6.35. The first-order chi connectivity index (χ1) is 9.11. The molecule has 3 heteroatoms. The smallest absolute Gasteiger partial charge is 0.0937 e. The minimum absolute atomic E-state index is 0.496. The van der Waals surface area contributed by atoms with Crippen LogP contribution >= 0.6 is 11.3 Å². The fourth-order valence-corrected chi connectivity index (χ4v) is 3.43. The van der Waals surface area contributed by atoms with Crippen LogP contribution in [0, 0.1) is 20.8 Å². The second kappa shape index (κ2) is 6.31. The average molecular weight is 274 g/mol. The van der Waals surface area contributed by atoms with Crippen molar-refractivity contribution in [2.75, 3.05) is 13.6 Å². The Bertz CT molecular complexity index is 526. The highest BCUT2D eigenvalue weighted by atomic mass is 32.1. The molecule has 1 aromatic heterocycles. The molecule has 0 fully saturated rings. The molecule has 0 bridgehead atoms. The Morgan fingerprint density at radius 1 is 1.21 bits per heavy atom. The highest BCUT2D eigenvalue weighted by Gasteiger charge is 2.16. The highest BCUT2D eigenvalue weighted by Crippen LogP contribution is 2.26. The van der Waals surface area contributed by atoms with Gasteiger partial charge in [-0.25, -0.2) is 4.98 Å². The van der Waals surface area contributed by atoms with Gasteiger partial charge in [0, 0.05) is 23.8 Å². The Morgan fingerprint density at radius 3 is 2.53 bits per heavy atom. The summed E-state index contributed by atoms with van der Waals surface area (Å²) in [7, 11) is 2.02. The number of thiazole rings is 1. The van der Waals surface area contributed by atoms with Gasteiger partial charge in [-0.2, -0.15) is 0 Å². The van der Waals surface area contributed by atoms with Crippen LogP contribution in [0.5, 0.6) is 0 Å². The van der Waals surface area contributed by atoms with Gasteiger partial charge in [-0.1, -0.05) is 24.3 Å². The molecule has 0 radical (unpaired) electrons. The summed E-state index contributed by atoms with van der Waals surface area (Å²) in [4.78, 5) is 6.01. The summed E-state index contributed by atoms with van der Waals surface area (Å²) in [5, 5.41) is 4.56. The van der Waals surface area contributed by atoms with E-state index in [1.807, 2.05) is 18.4 Å². The van der Waals surface area contributed by atoms with Crippen molar-refractivity contribution < 1.29 is 0 Å². The van der Waals surface area contributed by atoms with Crippen molar-refractivity contribution in [1.29, 1.82) is 0 Å². The number of hydrogen-bond acceptors (Lipinski definition) is 3. The van der Waals surface area contributed by atoms with Crippen molar-refractivity contribution in [1.82, 2.24) is 10.3 Å². The fraction of sp³-hybridized carbons (Fsp3) is 0.438. The predicted molar refractivity (Wildman–Crippen MR) is 83.1 cm³/mol. The van der Waals surface area contributed by atoms with E-state index < -0.39 is 0 Å². The lowest BCUT2D eigenvalue weighted by Gasteiger charge is -2.18. The highest BCUT2D eigenvalue weighted by molar-refractivity contribution is 7.11. The average Bonchev–Trinajstić information content (AvgIpc) is 2.68. The van der Waals surface area contributed by atoms with E-state index in [1.165, 1.54) is 26.7 Å². The van der Waals surface area contributed by atoms with Gasteiger partial charge in [-0.05, 0) is 38.9 Å². The van der Waals surface area contributed by atoms with E-state index in [0.717, 1.165) is 13.0 Å². The second-order valence-electron chi connectivity index (χ2n) is 5.06. The van der Waals surface area contributed by atoms with Crippen LogP contribution in [0.25, 0.3) is 0 Å². The van der Waals surface area contributed by atoms with Gasteiger partial charge in [0.2, 0.25) is 0 Å². The zero-order valence-electron chi connectivity index (χ0n) is 12.2. The van der Waals surface area contributed by atoms with Gasteiger partial charge >= 0.3 is 0 Å². The molecule has 102 valence electrons. The summed E-state index contributed by atoms with van der Waals surface area (Å²) in [5.74, 6) is 0.496. The maximum absolute atomic E-state index is 4.68. The topological polar surface area (TPSA) is 24.9 Å². The third kappa shape index (κ3) is 3.43. The molecule has 2 rings (SSSR count). The Kier molecular flexibility index (Phi) is 4.72. The number of rotatable bonds is 5. The summed E-state index contributed by atoms with van der Waals surface area (Å²) in [5.41, 5.74) is 3.98. The van der Waals surface area contributed by atoms with Crippen LogP contribution in [0.1, 0.15) is 32.6 Å². The van der Waals surface area contributed by atoms with Crippen LogP contribution < -0.4 is 5.32 Å². The minimum Gasteiger partial charge on any atom is -0.319 e. The summed E-state index contributed by atoms with van der Waals surface area (Å²) >= 11 is 1.83. The molecule has 0 saturated carbocycles. The van der Waals surface area contributed by atoms with Gasteiger partial charge in [0.05, 0.1) is 10.7 Å². The maximum Gasteiger partial charge on any atom is 0.0937 e. The molecular weight excluding hydrogens is 252 g/mol. The normalized spacial score (nSPS) is 12.6. The molecule has 0 saturated heterocycles. The Labute approximate surface area is 119 Å². The standard InChI is InChI=1S/C16H22N2S/c1-11-7-5-6-8-15(11)14(10-17-4)9-16-18-12(2)13(3)19-16/h5-8,14,17H,9-10H2,1-4H3. The summed E-state index contributed by atoms with van der Waals surface area (Å²) < 4.78 is 0. The van der Waals surface area contributed by atoms with Crippen LogP contribution in [0.2, 0.25) is 0 Å². The van der Waals surface area contributed by atoms with Crippen LogP contribution in [-0.4, -0.2) is 18.6 Å². The molecule has 0 aliphatic rings. The lowest BCUT2D eigenvalue weighted by Crippen LogP contribution is -2.19. The van der Waals surface area contributed by atoms with Crippen LogP contribution in [-0.2, 0) is 6.42 Å². The van der Waals surface area contributed by atoms with Gasteiger partial charge in [-0.3, -0.25) is 0 Å². The van der Waals surface area contributed by atoms with Gasteiger partial charge in [0.15, 0.2) is 0 Å². The predicted octanol–water partition coefficient (Wildman–Crippen LogP) is 3.61. The van der Waals surface area contributed by atoms with E-state index in [1.54, 1.807) is 0 Å². The van der Waals surface area contributed by atoms with Gasteiger partial charge in [-0.15, -0.1) is 11.3 Å². The first kappa shape index (κ1) is 14.2. The van der Waals surface area contributed by atoms with Crippen molar-refractivity contribution in [3.05, 3.63) is 51.0 Å². The summed E-state index contributed by atoms with van der Waals surface area (Å²) in [6, 6.07) is 8.66. The van der Waals surface area contributed by atoms with E-state index in [-0.39, 0.29) is 0 Å². The van der Waals surface area contributed by atoms with E-state index in [4.69, 9.17) is 0 Å². The van der Waals surface area contributed by atoms with Crippen molar-refractivity contribution >= 4 is 11.3 Å². The molecule has 2 aromatic rings. The van der Waals surface area contributed by atoms with E-state index in [2.05, 4.69) is 55.3 Å². The molecule has 0 amide bonds. The van der Waals surface area contributed by atoms with Gasteiger partial charge < -0.3 is 5.32 Å². The van der Waals surface area contributed by atoms with Crippen molar-refractivity contribution in [2.45, 2.75) is 33.1 Å². The molecule has 1 unspecified atom stereocenters. The number of aromatic nitrogens is 1. The van der Waals surface area contributed by atoms with Crippen LogP contribution in [0.15, 0.2) is 24.3 Å². The number of hydrogen-bond donors (Lipinski definition) is 1. The lowest BCUT2D eigenvalue weighted by atomic mass is 9.92. The molecular formula is C16H22N2S. The molecule has 1 heterocycles. The third-order valence-electron chi connectivity index (χ3n) is 3.57. The van der Waals surface area contributed by atoms with Gasteiger partial charge in [0.25, 0.3) is 0 Å². The molecule has 2 nitrogen and oxygen atoms in total. The van der Waals surface area contributed by atoms with E-state index in [9.17, 15) is 0 Å². The molecule has 1 aromatic carbocycles. The van der Waals surface area contributed by atoms with Crippen molar-refractivity contribution in [3.8, 4) is 0 Å². The Hall–Kier alpha value is -1.19. The quantitative estimate of drug-likeness (QED) is 0.901. The SMILES string of the molecule is CNCC(Cc1nc(C)c(C)s1)c1ccccc1C. The largest absolute Gasteiger partial charge is 0.319 e. The Morgan fingerprint density at radius 2 is 1.95 bits per heavy atom. The fourth-order valence-electron chi connectivity index (χ4n) is 2.42. The molecule has 0 aliphatic heterocycles. The van der Waals surface area contributed by atoms with Gasteiger partial charge in [0.1, 0.15) is 0 Å². The van der Waals surface area contributed by atoms with E-state index >= 15 is 0 Å². The zero-order chi connectivity index (χ0) is 13.8. The van der Waals surface area contributed by atoms with E-state index in [0.29, 0.717) is 5.92 Å². The maximum atomic E-state index is 4.68. The Balaban J connectivity index is 2.23. The van der Waals surface area contributed by atoms with Crippen LogP contribution in [0.4, 0.5) is 0 Å². The number of nitrogens with zero attached hydrogens (tertiary/aromatic N) is 1. The monoisotopic (exact) mass is 274 g/mol. The van der Waals surface area contributed by atoms with Crippen LogP contribution in [0.3, 0.4) is 0 Å². The zero-order valence-corrected chi connectivity index (χ0v) is 13.0. The minimum atomic E-state index is 0.496. The van der Waals surface area contributed by atoms with Crippen molar-refractivity contribution in [2.24, 2.45) is 0 Å². The summed E-state index contributed by atoms with van der Waals surface area (Å²) in [6.45, 7) is 7.42. The number of aryl methyl sites for hydroxylation is 3. The first-order valence-electron chi connectivity index (χ1n) is 6.75. The number of likely N-dealkylation sites (N-methyl/N-ethyl adjacent to an activating group) is 1. The number of nitrogens with one attached hydrogen (secondary N) is 1. The van der Waals surface area contributed by atoms with Crippen molar-refractivity contribution in [3.63, 3.8) is 0 Å². The molecule has 0 spiro atoms. The molecule has 0 aliphatic carbocycles. The molecule has 1 N–H and O–H groups in total. The molecule has 19 heavy (non-hydrogen) atoms.